The van der Waals surface area contributed by atoms with Gasteiger partial charge in [-0.3, -0.25) is 9.59 Å². The van der Waals surface area contributed by atoms with Gasteiger partial charge in [-0.1, -0.05) is 23.7 Å². The van der Waals surface area contributed by atoms with Gasteiger partial charge in [0.1, 0.15) is 5.75 Å². The molecule has 1 heterocycles. The number of likely N-dealkylation sites (N-methyl/N-ethyl adjacent to an activating group) is 1. The molecule has 2 aromatic rings. The van der Waals surface area contributed by atoms with Crippen LogP contribution in [0.4, 0.5) is 5.69 Å². The average molecular weight is 434 g/mol. The number of benzene rings is 2. The van der Waals surface area contributed by atoms with Crippen molar-refractivity contribution < 1.29 is 14.3 Å². The Morgan fingerprint density at radius 1 is 1.28 bits per heavy atom. The Kier molecular flexibility index (Phi) is 7.05. The van der Waals surface area contributed by atoms with Crippen molar-refractivity contribution in [3.8, 4) is 5.75 Å². The maximum absolute atomic E-state index is 12.5. The fourth-order valence-corrected chi connectivity index (χ4v) is 4.40. The molecule has 2 atom stereocenters. The standard InChI is InChI=1S/C21H24ClN3O3S/c1-25(2)17(13-4-7-15(28-3)8-5-13)12-23-20(26)11-19-21(27)24-16-10-14(22)6-9-18(16)29-19/h4-10,17,19H,11-12H2,1-3H3,(H,23,26)(H,24,27). The zero-order chi connectivity index (χ0) is 21.0. The Bertz CT molecular complexity index is 889. The number of amides is 2. The normalized spacial score (nSPS) is 16.7. The maximum Gasteiger partial charge on any atom is 0.238 e. The smallest absolute Gasteiger partial charge is 0.238 e. The molecule has 1 aliphatic heterocycles. The molecule has 6 nitrogen and oxygen atoms in total. The predicted octanol–water partition coefficient (Wildman–Crippen LogP) is 3.57. The Morgan fingerprint density at radius 2 is 2.00 bits per heavy atom. The van der Waals surface area contributed by atoms with Crippen LogP contribution in [0, 0.1) is 0 Å². The summed E-state index contributed by atoms with van der Waals surface area (Å²) in [5, 5.41) is 5.89. The summed E-state index contributed by atoms with van der Waals surface area (Å²) in [7, 11) is 5.56. The molecule has 0 bridgehead atoms. The van der Waals surface area contributed by atoms with Crippen LogP contribution in [0.25, 0.3) is 0 Å². The van der Waals surface area contributed by atoms with Crippen LogP contribution in [0.5, 0.6) is 5.75 Å². The van der Waals surface area contributed by atoms with E-state index in [0.29, 0.717) is 17.3 Å². The molecule has 8 heteroatoms. The molecule has 0 aliphatic carbocycles. The molecule has 29 heavy (non-hydrogen) atoms. The Balaban J connectivity index is 1.59. The molecule has 2 amide bonds. The second-order valence-electron chi connectivity index (χ2n) is 7.00. The zero-order valence-corrected chi connectivity index (χ0v) is 18.1. The van der Waals surface area contributed by atoms with Crippen LogP contribution < -0.4 is 15.4 Å². The number of hydrogen-bond donors (Lipinski definition) is 2. The van der Waals surface area contributed by atoms with Crippen molar-refractivity contribution in [2.45, 2.75) is 22.6 Å². The lowest BCUT2D eigenvalue weighted by atomic mass is 10.1. The second kappa shape index (κ2) is 9.52. The van der Waals surface area contributed by atoms with E-state index in [1.54, 1.807) is 19.2 Å². The van der Waals surface area contributed by atoms with Crippen LogP contribution in [0.15, 0.2) is 47.4 Å². The summed E-state index contributed by atoms with van der Waals surface area (Å²) >= 11 is 7.36. The van der Waals surface area contributed by atoms with Gasteiger partial charge in [-0.05, 0) is 50.0 Å². The molecule has 0 saturated heterocycles. The van der Waals surface area contributed by atoms with E-state index in [2.05, 4.69) is 10.6 Å². The van der Waals surface area contributed by atoms with Gasteiger partial charge in [0.05, 0.1) is 24.1 Å². The number of halogens is 1. The van der Waals surface area contributed by atoms with Crippen molar-refractivity contribution in [2.75, 3.05) is 33.1 Å². The molecule has 0 aromatic heterocycles. The molecule has 1 aliphatic rings. The van der Waals surface area contributed by atoms with Crippen molar-refractivity contribution in [3.63, 3.8) is 0 Å². The van der Waals surface area contributed by atoms with Crippen molar-refractivity contribution >= 4 is 40.9 Å². The molecule has 0 spiro atoms. The van der Waals surface area contributed by atoms with Crippen molar-refractivity contribution in [1.29, 1.82) is 0 Å². The highest BCUT2D eigenvalue weighted by molar-refractivity contribution is 8.01. The van der Waals surface area contributed by atoms with E-state index < -0.39 is 5.25 Å². The van der Waals surface area contributed by atoms with Gasteiger partial charge < -0.3 is 20.3 Å². The highest BCUT2D eigenvalue weighted by Crippen LogP contribution is 2.38. The number of anilines is 1. The molecular weight excluding hydrogens is 410 g/mol. The van der Waals surface area contributed by atoms with E-state index in [1.807, 2.05) is 49.3 Å². The van der Waals surface area contributed by atoms with E-state index in [1.165, 1.54) is 11.8 Å². The van der Waals surface area contributed by atoms with Crippen molar-refractivity contribution in [3.05, 3.63) is 53.1 Å². The fourth-order valence-electron chi connectivity index (χ4n) is 3.13. The largest absolute Gasteiger partial charge is 0.497 e. The number of nitrogens with zero attached hydrogens (tertiary/aromatic N) is 1. The van der Waals surface area contributed by atoms with Gasteiger partial charge in [-0.2, -0.15) is 0 Å². The summed E-state index contributed by atoms with van der Waals surface area (Å²) in [5.74, 6) is 0.451. The van der Waals surface area contributed by atoms with E-state index in [4.69, 9.17) is 16.3 Å². The molecule has 2 N–H and O–H groups in total. The lowest BCUT2D eigenvalue weighted by molar-refractivity contribution is -0.124. The quantitative estimate of drug-likeness (QED) is 0.698. The van der Waals surface area contributed by atoms with E-state index in [9.17, 15) is 9.59 Å². The molecule has 0 radical (unpaired) electrons. The van der Waals surface area contributed by atoms with Crippen LogP contribution >= 0.6 is 23.4 Å². The highest BCUT2D eigenvalue weighted by atomic mass is 35.5. The van der Waals surface area contributed by atoms with Gasteiger partial charge >= 0.3 is 0 Å². The summed E-state index contributed by atoms with van der Waals surface area (Å²) in [5.41, 5.74) is 1.77. The average Bonchev–Trinajstić information content (AvgIpc) is 2.69. The predicted molar refractivity (Wildman–Crippen MR) is 117 cm³/mol. The highest BCUT2D eigenvalue weighted by Gasteiger charge is 2.29. The Morgan fingerprint density at radius 3 is 2.66 bits per heavy atom. The number of carbonyl (C=O) groups is 2. The minimum Gasteiger partial charge on any atom is -0.497 e. The van der Waals surface area contributed by atoms with E-state index in [0.717, 1.165) is 16.2 Å². The third-order valence-electron chi connectivity index (χ3n) is 4.75. The van der Waals surface area contributed by atoms with Gasteiger partial charge in [-0.25, -0.2) is 0 Å². The number of methoxy groups -OCH3 is 1. The lowest BCUT2D eigenvalue weighted by Crippen LogP contribution is -2.38. The SMILES string of the molecule is COc1ccc(C(CNC(=O)CC2Sc3ccc(Cl)cc3NC2=O)N(C)C)cc1. The first-order valence-corrected chi connectivity index (χ1v) is 10.5. The lowest BCUT2D eigenvalue weighted by Gasteiger charge is -2.26. The number of rotatable bonds is 7. The third-order valence-corrected chi connectivity index (χ3v) is 6.26. The number of nitrogens with one attached hydrogen (secondary N) is 2. The fraction of sp³-hybridized carbons (Fsp3) is 0.333. The summed E-state index contributed by atoms with van der Waals surface area (Å²) in [6, 6.07) is 13.1. The minimum absolute atomic E-state index is 0.0144. The molecule has 2 aromatic carbocycles. The maximum atomic E-state index is 12.5. The first kappa shape index (κ1) is 21.5. The molecular formula is C21H24ClN3O3S. The number of fused-ring (bicyclic) bond motifs is 1. The van der Waals surface area contributed by atoms with Crippen LogP contribution in [0.2, 0.25) is 5.02 Å². The Hall–Kier alpha value is -2.22. The van der Waals surface area contributed by atoms with Crippen LogP contribution in [0.1, 0.15) is 18.0 Å². The number of hydrogen-bond acceptors (Lipinski definition) is 5. The monoisotopic (exact) mass is 433 g/mol. The Labute approximate surface area is 179 Å². The van der Waals surface area contributed by atoms with Gasteiger partial charge in [0, 0.05) is 22.9 Å². The van der Waals surface area contributed by atoms with Crippen molar-refractivity contribution in [1.82, 2.24) is 10.2 Å². The number of thioether (sulfide) groups is 1. The topological polar surface area (TPSA) is 70.7 Å². The van der Waals surface area contributed by atoms with E-state index in [-0.39, 0.29) is 24.3 Å². The summed E-state index contributed by atoms with van der Waals surface area (Å²) < 4.78 is 5.20. The number of ether oxygens (including phenoxy) is 1. The minimum atomic E-state index is -0.470. The van der Waals surface area contributed by atoms with Gasteiger partial charge in [0.2, 0.25) is 11.8 Å². The van der Waals surface area contributed by atoms with Gasteiger partial charge in [0.15, 0.2) is 0 Å². The van der Waals surface area contributed by atoms with Gasteiger partial charge in [-0.15, -0.1) is 11.8 Å². The van der Waals surface area contributed by atoms with Crippen LogP contribution in [-0.2, 0) is 9.59 Å². The zero-order valence-electron chi connectivity index (χ0n) is 16.6. The summed E-state index contributed by atoms with van der Waals surface area (Å²) in [6.07, 6.45) is 0.112. The first-order chi connectivity index (χ1) is 13.9. The van der Waals surface area contributed by atoms with Crippen LogP contribution in [-0.4, -0.2) is 49.7 Å². The summed E-state index contributed by atoms with van der Waals surface area (Å²) in [4.78, 5) is 27.8. The molecule has 154 valence electrons. The third kappa shape index (κ3) is 5.44. The second-order valence-corrected chi connectivity index (χ2v) is 8.68. The first-order valence-electron chi connectivity index (χ1n) is 9.21. The molecule has 3 rings (SSSR count). The number of carbonyl (C=O) groups excluding carboxylic acids is 2. The van der Waals surface area contributed by atoms with E-state index >= 15 is 0 Å². The molecule has 2 unspecified atom stereocenters. The molecule has 0 saturated carbocycles. The van der Waals surface area contributed by atoms with Crippen LogP contribution in [0.3, 0.4) is 0 Å². The summed E-state index contributed by atoms with van der Waals surface area (Å²) in [6.45, 7) is 0.448. The van der Waals surface area contributed by atoms with Gasteiger partial charge in [0.25, 0.3) is 0 Å². The van der Waals surface area contributed by atoms with Crippen molar-refractivity contribution in [2.24, 2.45) is 0 Å². The molecule has 0 fully saturated rings.